The fraction of sp³-hybridized carbons (Fsp3) is 0.150. The number of ether oxygens (including phenoxy) is 2. The van der Waals surface area contributed by atoms with E-state index in [9.17, 15) is 14.4 Å². The van der Waals surface area contributed by atoms with Gasteiger partial charge in [-0.05, 0) is 37.3 Å². The van der Waals surface area contributed by atoms with E-state index >= 15 is 0 Å². The number of para-hydroxylation sites is 2. The normalized spacial score (nSPS) is 13.8. The standard InChI is InChI=1S/C20H17ClN2O5/c1-3-28-15-10-5-4-9-14(15)23-18(24)16(21)17(19(23)25)22-13-8-6-7-12(11-13)20(26)27-2/h4-11,22H,3H2,1-2H3. The van der Waals surface area contributed by atoms with Crippen molar-refractivity contribution in [3.63, 3.8) is 0 Å². The van der Waals surface area contributed by atoms with E-state index in [1.54, 1.807) is 49.4 Å². The summed E-state index contributed by atoms with van der Waals surface area (Å²) in [5, 5.41) is 2.58. The van der Waals surface area contributed by atoms with Gasteiger partial charge in [-0.2, -0.15) is 0 Å². The van der Waals surface area contributed by atoms with Gasteiger partial charge in [-0.15, -0.1) is 0 Å². The van der Waals surface area contributed by atoms with Crippen molar-refractivity contribution >= 4 is 40.8 Å². The van der Waals surface area contributed by atoms with Crippen LogP contribution >= 0.6 is 11.6 Å². The van der Waals surface area contributed by atoms with E-state index in [0.717, 1.165) is 4.90 Å². The summed E-state index contributed by atoms with van der Waals surface area (Å²) in [6.45, 7) is 2.18. The van der Waals surface area contributed by atoms with Gasteiger partial charge in [0.25, 0.3) is 11.8 Å². The molecule has 0 aromatic heterocycles. The van der Waals surface area contributed by atoms with E-state index in [1.165, 1.54) is 13.2 Å². The molecule has 8 heteroatoms. The number of anilines is 2. The number of hydrogen-bond donors (Lipinski definition) is 1. The molecule has 0 saturated carbocycles. The third-order valence-electron chi connectivity index (χ3n) is 3.99. The topological polar surface area (TPSA) is 84.9 Å². The molecule has 0 unspecified atom stereocenters. The minimum Gasteiger partial charge on any atom is -0.492 e. The number of rotatable bonds is 6. The molecule has 1 N–H and O–H groups in total. The highest BCUT2D eigenvalue weighted by Gasteiger charge is 2.40. The van der Waals surface area contributed by atoms with Crippen molar-refractivity contribution < 1.29 is 23.9 Å². The quantitative estimate of drug-likeness (QED) is 0.591. The number of benzene rings is 2. The Morgan fingerprint density at radius 2 is 1.86 bits per heavy atom. The van der Waals surface area contributed by atoms with Crippen LogP contribution in [0.4, 0.5) is 11.4 Å². The van der Waals surface area contributed by atoms with E-state index in [-0.39, 0.29) is 10.7 Å². The molecule has 0 fully saturated rings. The molecule has 2 amide bonds. The molecule has 1 heterocycles. The van der Waals surface area contributed by atoms with Gasteiger partial charge in [-0.25, -0.2) is 9.69 Å². The van der Waals surface area contributed by atoms with Gasteiger partial charge in [0, 0.05) is 5.69 Å². The van der Waals surface area contributed by atoms with Crippen molar-refractivity contribution in [1.82, 2.24) is 0 Å². The molecule has 2 aromatic carbocycles. The summed E-state index contributed by atoms with van der Waals surface area (Å²) in [6.07, 6.45) is 0. The van der Waals surface area contributed by atoms with E-state index in [0.29, 0.717) is 29.3 Å². The van der Waals surface area contributed by atoms with Crippen LogP contribution < -0.4 is 15.0 Å². The second-order valence-electron chi connectivity index (χ2n) is 5.73. The molecule has 0 bridgehead atoms. The number of nitrogens with one attached hydrogen (secondary N) is 1. The lowest BCUT2D eigenvalue weighted by Crippen LogP contribution is -2.32. The van der Waals surface area contributed by atoms with Gasteiger partial charge < -0.3 is 14.8 Å². The number of amides is 2. The molecule has 1 aliphatic rings. The number of halogens is 1. The summed E-state index contributed by atoms with van der Waals surface area (Å²) in [5.74, 6) is -1.41. The van der Waals surface area contributed by atoms with Crippen LogP contribution in [0.25, 0.3) is 0 Å². The summed E-state index contributed by atoms with van der Waals surface area (Å²) >= 11 is 6.15. The van der Waals surface area contributed by atoms with Gasteiger partial charge in [0.05, 0.1) is 25.0 Å². The number of hydrogen-bond acceptors (Lipinski definition) is 6. The molecular weight excluding hydrogens is 384 g/mol. The molecule has 0 spiro atoms. The first-order valence-electron chi connectivity index (χ1n) is 8.43. The smallest absolute Gasteiger partial charge is 0.337 e. The highest BCUT2D eigenvalue weighted by molar-refractivity contribution is 6.53. The average molecular weight is 401 g/mol. The zero-order chi connectivity index (χ0) is 20.3. The summed E-state index contributed by atoms with van der Waals surface area (Å²) in [4.78, 5) is 38.2. The highest BCUT2D eigenvalue weighted by atomic mass is 35.5. The Morgan fingerprint density at radius 1 is 1.11 bits per heavy atom. The highest BCUT2D eigenvalue weighted by Crippen LogP contribution is 2.35. The third kappa shape index (κ3) is 3.57. The van der Waals surface area contributed by atoms with Crippen molar-refractivity contribution in [2.45, 2.75) is 6.92 Å². The maximum Gasteiger partial charge on any atom is 0.337 e. The lowest BCUT2D eigenvalue weighted by Gasteiger charge is -2.18. The molecular formula is C20H17ClN2O5. The fourth-order valence-corrected chi connectivity index (χ4v) is 2.95. The summed E-state index contributed by atoms with van der Waals surface area (Å²) < 4.78 is 10.2. The predicted molar refractivity (Wildman–Crippen MR) is 104 cm³/mol. The van der Waals surface area contributed by atoms with Gasteiger partial charge in [0.1, 0.15) is 16.5 Å². The maximum atomic E-state index is 12.9. The minimum atomic E-state index is -0.662. The van der Waals surface area contributed by atoms with Crippen molar-refractivity contribution in [2.24, 2.45) is 0 Å². The number of carbonyl (C=O) groups excluding carboxylic acids is 3. The average Bonchev–Trinajstić information content (AvgIpc) is 2.92. The van der Waals surface area contributed by atoms with E-state index in [2.05, 4.69) is 10.1 Å². The molecule has 1 aliphatic heterocycles. The zero-order valence-corrected chi connectivity index (χ0v) is 15.9. The Kier molecular flexibility index (Phi) is 5.65. The first-order valence-corrected chi connectivity index (χ1v) is 8.81. The van der Waals surface area contributed by atoms with Gasteiger partial charge in [-0.1, -0.05) is 29.8 Å². The molecule has 2 aromatic rings. The van der Waals surface area contributed by atoms with Crippen LogP contribution in [-0.4, -0.2) is 31.5 Å². The summed E-state index contributed by atoms with van der Waals surface area (Å²) in [6, 6.07) is 13.0. The Bertz CT molecular complexity index is 986. The first kappa shape index (κ1) is 19.4. The minimum absolute atomic E-state index is 0.0833. The molecule has 0 radical (unpaired) electrons. The first-order chi connectivity index (χ1) is 13.5. The Morgan fingerprint density at radius 3 is 2.57 bits per heavy atom. The lowest BCUT2D eigenvalue weighted by molar-refractivity contribution is -0.120. The Hall–Kier alpha value is -3.32. The van der Waals surface area contributed by atoms with E-state index in [1.807, 2.05) is 0 Å². The SMILES string of the molecule is CCOc1ccccc1N1C(=O)C(Cl)=C(Nc2cccc(C(=O)OC)c2)C1=O. The molecule has 0 saturated heterocycles. The largest absolute Gasteiger partial charge is 0.492 e. The molecule has 0 aliphatic carbocycles. The van der Waals surface area contributed by atoms with Crippen molar-refractivity contribution in [3.05, 3.63) is 64.8 Å². The number of carbonyl (C=O) groups is 3. The van der Waals surface area contributed by atoms with Crippen molar-refractivity contribution in [2.75, 3.05) is 23.9 Å². The van der Waals surface area contributed by atoms with Crippen molar-refractivity contribution in [3.8, 4) is 5.75 Å². The zero-order valence-electron chi connectivity index (χ0n) is 15.2. The Labute approximate surface area is 166 Å². The predicted octanol–water partition coefficient (Wildman–Crippen LogP) is 3.31. The molecule has 28 heavy (non-hydrogen) atoms. The van der Waals surface area contributed by atoms with Gasteiger partial charge in [-0.3, -0.25) is 9.59 Å². The van der Waals surface area contributed by atoms with Crippen LogP contribution in [-0.2, 0) is 14.3 Å². The van der Waals surface area contributed by atoms with Crippen LogP contribution in [0.2, 0.25) is 0 Å². The van der Waals surface area contributed by atoms with Crippen LogP contribution in [0.5, 0.6) is 5.75 Å². The van der Waals surface area contributed by atoms with E-state index in [4.69, 9.17) is 16.3 Å². The molecule has 3 rings (SSSR count). The molecule has 0 atom stereocenters. The Balaban J connectivity index is 1.92. The van der Waals surface area contributed by atoms with Crippen LogP contribution in [0.3, 0.4) is 0 Å². The van der Waals surface area contributed by atoms with Crippen LogP contribution in [0.1, 0.15) is 17.3 Å². The number of nitrogens with zero attached hydrogens (tertiary/aromatic N) is 1. The number of esters is 1. The summed E-state index contributed by atoms with van der Waals surface area (Å²) in [7, 11) is 1.27. The lowest BCUT2D eigenvalue weighted by atomic mass is 10.2. The second-order valence-corrected chi connectivity index (χ2v) is 6.11. The van der Waals surface area contributed by atoms with Crippen LogP contribution in [0.15, 0.2) is 59.3 Å². The van der Waals surface area contributed by atoms with Crippen LogP contribution in [0, 0.1) is 0 Å². The molecule has 7 nitrogen and oxygen atoms in total. The molecule has 144 valence electrons. The maximum absolute atomic E-state index is 12.9. The number of imide groups is 1. The van der Waals surface area contributed by atoms with Gasteiger partial charge in [0.2, 0.25) is 0 Å². The summed E-state index contributed by atoms with van der Waals surface area (Å²) in [5.41, 5.74) is 0.925. The van der Waals surface area contributed by atoms with Crippen molar-refractivity contribution in [1.29, 1.82) is 0 Å². The monoisotopic (exact) mass is 400 g/mol. The van der Waals surface area contributed by atoms with Gasteiger partial charge >= 0.3 is 5.97 Å². The number of methoxy groups -OCH3 is 1. The third-order valence-corrected chi connectivity index (χ3v) is 4.34. The fourth-order valence-electron chi connectivity index (χ4n) is 2.74. The van der Waals surface area contributed by atoms with Gasteiger partial charge in [0.15, 0.2) is 0 Å². The van der Waals surface area contributed by atoms with E-state index < -0.39 is 17.8 Å². The second kappa shape index (κ2) is 8.14.